The summed E-state index contributed by atoms with van der Waals surface area (Å²) in [6.07, 6.45) is 3.51. The lowest BCUT2D eigenvalue weighted by molar-refractivity contribution is -0.145. The highest BCUT2D eigenvalue weighted by atomic mass is 16.5. The van der Waals surface area contributed by atoms with Gasteiger partial charge < -0.3 is 15.4 Å². The molecule has 0 amide bonds. The standard InChI is InChI=1S/C8H10N2O3/c9-8(7(11)12)3-1-2-5-4-10-13-6(5)8/h4H,1-3,9H2,(H,11,12). The van der Waals surface area contributed by atoms with Gasteiger partial charge in [-0.25, -0.2) is 4.79 Å². The van der Waals surface area contributed by atoms with E-state index in [1.54, 1.807) is 6.20 Å². The summed E-state index contributed by atoms with van der Waals surface area (Å²) >= 11 is 0. The van der Waals surface area contributed by atoms with Gasteiger partial charge in [0.25, 0.3) is 0 Å². The molecule has 1 atom stereocenters. The number of carbonyl (C=O) groups is 1. The minimum Gasteiger partial charge on any atom is -0.480 e. The Kier molecular flexibility index (Phi) is 1.63. The van der Waals surface area contributed by atoms with Gasteiger partial charge in [-0.2, -0.15) is 0 Å². The van der Waals surface area contributed by atoms with Crippen molar-refractivity contribution < 1.29 is 14.4 Å². The Bertz CT molecular complexity index is 347. The van der Waals surface area contributed by atoms with E-state index in [1.807, 2.05) is 0 Å². The summed E-state index contributed by atoms with van der Waals surface area (Å²) in [7, 11) is 0. The molecule has 5 nitrogen and oxygen atoms in total. The van der Waals surface area contributed by atoms with Crippen LogP contribution in [0.2, 0.25) is 0 Å². The average molecular weight is 182 g/mol. The van der Waals surface area contributed by atoms with E-state index in [1.165, 1.54) is 0 Å². The van der Waals surface area contributed by atoms with Crippen molar-refractivity contribution in [2.45, 2.75) is 24.8 Å². The van der Waals surface area contributed by atoms with Crippen LogP contribution >= 0.6 is 0 Å². The molecule has 0 aliphatic heterocycles. The smallest absolute Gasteiger partial charge is 0.331 e. The molecule has 1 unspecified atom stereocenters. The summed E-state index contributed by atoms with van der Waals surface area (Å²) in [6, 6.07) is 0. The SMILES string of the molecule is NC1(C(=O)O)CCCc2cnoc21. The van der Waals surface area contributed by atoms with Gasteiger partial charge in [0, 0.05) is 5.56 Å². The largest absolute Gasteiger partial charge is 0.480 e. The summed E-state index contributed by atoms with van der Waals surface area (Å²) in [6.45, 7) is 0. The minimum atomic E-state index is -1.37. The van der Waals surface area contributed by atoms with Crippen molar-refractivity contribution in [2.24, 2.45) is 5.73 Å². The molecule has 1 aromatic rings. The zero-order valence-corrected chi connectivity index (χ0v) is 6.99. The van der Waals surface area contributed by atoms with Crippen molar-refractivity contribution in [2.75, 3.05) is 0 Å². The van der Waals surface area contributed by atoms with Gasteiger partial charge in [0.2, 0.25) is 0 Å². The van der Waals surface area contributed by atoms with E-state index in [9.17, 15) is 4.79 Å². The van der Waals surface area contributed by atoms with Gasteiger partial charge >= 0.3 is 5.97 Å². The van der Waals surface area contributed by atoms with Crippen LogP contribution < -0.4 is 5.73 Å². The Morgan fingerprint density at radius 3 is 3.23 bits per heavy atom. The Morgan fingerprint density at radius 2 is 2.54 bits per heavy atom. The zero-order valence-electron chi connectivity index (χ0n) is 6.99. The topological polar surface area (TPSA) is 89.4 Å². The van der Waals surface area contributed by atoms with Crippen LogP contribution in [0.3, 0.4) is 0 Å². The van der Waals surface area contributed by atoms with Crippen LogP contribution in [0.25, 0.3) is 0 Å². The monoisotopic (exact) mass is 182 g/mol. The third kappa shape index (κ3) is 1.04. The Balaban J connectivity index is 2.51. The molecule has 1 aromatic heterocycles. The normalized spacial score (nSPS) is 26.8. The number of nitrogens with two attached hydrogens (primary N) is 1. The van der Waals surface area contributed by atoms with Gasteiger partial charge in [0.05, 0.1) is 6.20 Å². The number of rotatable bonds is 1. The van der Waals surface area contributed by atoms with Crippen molar-refractivity contribution in [3.8, 4) is 0 Å². The fourth-order valence-electron chi connectivity index (χ4n) is 1.68. The molecule has 1 aliphatic rings. The van der Waals surface area contributed by atoms with E-state index in [0.29, 0.717) is 12.2 Å². The van der Waals surface area contributed by atoms with Crippen LogP contribution in [0.5, 0.6) is 0 Å². The van der Waals surface area contributed by atoms with Crippen LogP contribution in [0.4, 0.5) is 0 Å². The second kappa shape index (κ2) is 2.56. The van der Waals surface area contributed by atoms with Gasteiger partial charge in [-0.1, -0.05) is 5.16 Å². The molecule has 70 valence electrons. The van der Waals surface area contributed by atoms with Crippen molar-refractivity contribution in [1.82, 2.24) is 5.16 Å². The second-order valence-corrected chi connectivity index (χ2v) is 3.31. The first-order valence-corrected chi connectivity index (χ1v) is 4.11. The molecule has 0 saturated carbocycles. The third-order valence-corrected chi connectivity index (χ3v) is 2.45. The summed E-state index contributed by atoms with van der Waals surface area (Å²) in [4.78, 5) is 10.9. The van der Waals surface area contributed by atoms with Crippen molar-refractivity contribution in [3.05, 3.63) is 17.5 Å². The summed E-state index contributed by atoms with van der Waals surface area (Å²) < 4.78 is 4.88. The Labute approximate surface area is 74.5 Å². The summed E-state index contributed by atoms with van der Waals surface area (Å²) in [5, 5.41) is 12.5. The quantitative estimate of drug-likeness (QED) is 0.649. The van der Waals surface area contributed by atoms with Gasteiger partial charge in [0.15, 0.2) is 11.3 Å². The van der Waals surface area contributed by atoms with E-state index < -0.39 is 11.5 Å². The number of aliphatic carboxylic acids is 1. The molecule has 13 heavy (non-hydrogen) atoms. The number of carboxylic acids is 1. The first-order valence-electron chi connectivity index (χ1n) is 4.11. The maximum Gasteiger partial charge on any atom is 0.331 e. The van der Waals surface area contributed by atoms with Crippen LogP contribution in [0.15, 0.2) is 10.7 Å². The van der Waals surface area contributed by atoms with E-state index in [-0.39, 0.29) is 0 Å². The molecular formula is C8H10N2O3. The van der Waals surface area contributed by atoms with Gasteiger partial charge in [-0.15, -0.1) is 0 Å². The van der Waals surface area contributed by atoms with Crippen LogP contribution in [0.1, 0.15) is 24.2 Å². The molecule has 1 heterocycles. The molecule has 0 saturated heterocycles. The Morgan fingerprint density at radius 1 is 1.77 bits per heavy atom. The summed E-state index contributed by atoms with van der Waals surface area (Å²) in [5.41, 5.74) is 5.17. The van der Waals surface area contributed by atoms with Crippen LogP contribution in [0, 0.1) is 0 Å². The Hall–Kier alpha value is -1.36. The number of carboxylic acid groups (broad SMARTS) is 1. The van der Waals surface area contributed by atoms with Crippen LogP contribution in [-0.4, -0.2) is 16.2 Å². The highest BCUT2D eigenvalue weighted by molar-refractivity contribution is 5.80. The number of aromatic nitrogens is 1. The van der Waals surface area contributed by atoms with Crippen molar-refractivity contribution in [3.63, 3.8) is 0 Å². The van der Waals surface area contributed by atoms with E-state index >= 15 is 0 Å². The van der Waals surface area contributed by atoms with Gasteiger partial charge in [-0.3, -0.25) is 0 Å². The molecular weight excluding hydrogens is 172 g/mol. The molecule has 0 fully saturated rings. The predicted octanol–water partition coefficient (Wildman–Crippen LogP) is 0.249. The molecule has 1 aliphatic carbocycles. The van der Waals surface area contributed by atoms with Crippen molar-refractivity contribution >= 4 is 5.97 Å². The molecule has 2 rings (SSSR count). The highest BCUT2D eigenvalue weighted by Crippen LogP contribution is 2.33. The van der Waals surface area contributed by atoms with Gasteiger partial charge in [-0.05, 0) is 19.3 Å². The lowest BCUT2D eigenvalue weighted by Gasteiger charge is -2.26. The molecule has 0 bridgehead atoms. The average Bonchev–Trinajstić information content (AvgIpc) is 2.53. The number of aryl methyl sites for hydroxylation is 1. The van der Waals surface area contributed by atoms with Crippen molar-refractivity contribution in [1.29, 1.82) is 0 Å². The molecule has 0 radical (unpaired) electrons. The first-order chi connectivity index (χ1) is 6.14. The molecule has 5 heteroatoms. The lowest BCUT2D eigenvalue weighted by atomic mass is 9.82. The fourth-order valence-corrected chi connectivity index (χ4v) is 1.68. The number of fused-ring (bicyclic) bond motifs is 1. The number of hydrogen-bond donors (Lipinski definition) is 2. The van der Waals surface area contributed by atoms with E-state index in [4.69, 9.17) is 15.4 Å². The first kappa shape index (κ1) is 8.25. The number of hydrogen-bond acceptors (Lipinski definition) is 4. The van der Waals surface area contributed by atoms with E-state index in [2.05, 4.69) is 5.16 Å². The third-order valence-electron chi connectivity index (χ3n) is 2.45. The molecule has 0 spiro atoms. The maximum absolute atomic E-state index is 10.9. The van der Waals surface area contributed by atoms with Crippen LogP contribution in [-0.2, 0) is 16.8 Å². The minimum absolute atomic E-state index is 0.311. The second-order valence-electron chi connectivity index (χ2n) is 3.31. The molecule has 0 aromatic carbocycles. The highest BCUT2D eigenvalue weighted by Gasteiger charge is 2.43. The molecule has 3 N–H and O–H groups in total. The zero-order chi connectivity index (χ0) is 9.47. The fraction of sp³-hybridized carbons (Fsp3) is 0.500. The maximum atomic E-state index is 10.9. The predicted molar refractivity (Wildman–Crippen MR) is 42.9 cm³/mol. The van der Waals surface area contributed by atoms with Gasteiger partial charge in [0.1, 0.15) is 0 Å². The summed E-state index contributed by atoms with van der Waals surface area (Å²) in [5.74, 6) is -0.739. The number of nitrogens with zero attached hydrogens (tertiary/aromatic N) is 1. The van der Waals surface area contributed by atoms with E-state index in [0.717, 1.165) is 18.4 Å². The lowest BCUT2D eigenvalue weighted by Crippen LogP contribution is -2.46.